The maximum atomic E-state index is 5.84. The predicted octanol–water partition coefficient (Wildman–Crippen LogP) is 1.94. The van der Waals surface area contributed by atoms with Crippen LogP contribution in [0.5, 0.6) is 0 Å². The highest BCUT2D eigenvalue weighted by Crippen LogP contribution is 2.21. The summed E-state index contributed by atoms with van der Waals surface area (Å²) in [6.07, 6.45) is 1.34. The molecular weight excluding hydrogens is 227 g/mol. The van der Waals surface area contributed by atoms with Crippen LogP contribution >= 0.6 is 23.2 Å². The lowest BCUT2D eigenvalue weighted by molar-refractivity contribution is -0.100. The summed E-state index contributed by atoms with van der Waals surface area (Å²) in [6.45, 7) is 0. The van der Waals surface area contributed by atoms with E-state index in [1.165, 1.54) is 6.33 Å². The van der Waals surface area contributed by atoms with Gasteiger partial charge in [-0.25, -0.2) is 9.97 Å². The molecule has 0 saturated carbocycles. The van der Waals surface area contributed by atoms with Crippen molar-refractivity contribution >= 4 is 23.2 Å². The van der Waals surface area contributed by atoms with Gasteiger partial charge in [-0.05, 0) is 0 Å². The zero-order valence-electron chi connectivity index (χ0n) is 7.83. The van der Waals surface area contributed by atoms with Crippen molar-refractivity contribution in [3.63, 3.8) is 0 Å². The van der Waals surface area contributed by atoms with Crippen LogP contribution in [-0.2, 0) is 15.9 Å². The molecule has 0 atom stereocenters. The van der Waals surface area contributed by atoms with E-state index in [2.05, 4.69) is 9.97 Å². The van der Waals surface area contributed by atoms with Crippen LogP contribution in [0.15, 0.2) is 6.33 Å². The Bertz CT molecular complexity index is 285. The molecule has 0 unspecified atom stereocenters. The molecule has 6 heteroatoms. The van der Waals surface area contributed by atoms with E-state index in [1.807, 2.05) is 0 Å². The Morgan fingerprint density at radius 1 is 1.21 bits per heavy atom. The molecule has 0 N–H and O–H groups in total. The third-order valence-electron chi connectivity index (χ3n) is 1.74. The highest BCUT2D eigenvalue weighted by Gasteiger charge is 2.14. The fourth-order valence-electron chi connectivity index (χ4n) is 0.969. The molecule has 0 saturated heterocycles. The summed E-state index contributed by atoms with van der Waals surface area (Å²) in [7, 11) is 3.08. The molecular formula is C8H10Cl2N2O2. The van der Waals surface area contributed by atoms with Crippen LogP contribution in [0.25, 0.3) is 0 Å². The smallest absolute Gasteiger partial charge is 0.161 e. The third-order valence-corrected chi connectivity index (χ3v) is 2.39. The van der Waals surface area contributed by atoms with Gasteiger partial charge in [-0.1, -0.05) is 23.2 Å². The summed E-state index contributed by atoms with van der Waals surface area (Å²) in [5.41, 5.74) is 0.629. The van der Waals surface area contributed by atoms with Crippen LogP contribution in [0.1, 0.15) is 5.56 Å². The number of methoxy groups -OCH3 is 2. The van der Waals surface area contributed by atoms with Gasteiger partial charge in [0.1, 0.15) is 16.6 Å². The first kappa shape index (κ1) is 11.7. The van der Waals surface area contributed by atoms with Crippen molar-refractivity contribution in [1.29, 1.82) is 0 Å². The first-order chi connectivity index (χ1) is 6.69. The van der Waals surface area contributed by atoms with Gasteiger partial charge in [-0.3, -0.25) is 0 Å². The minimum absolute atomic E-state index is 0.323. The van der Waals surface area contributed by atoms with Crippen molar-refractivity contribution in [3.8, 4) is 0 Å². The first-order valence-electron chi connectivity index (χ1n) is 3.89. The van der Waals surface area contributed by atoms with E-state index >= 15 is 0 Å². The average molecular weight is 237 g/mol. The van der Waals surface area contributed by atoms with Crippen LogP contribution in [-0.4, -0.2) is 30.5 Å². The van der Waals surface area contributed by atoms with Gasteiger partial charge >= 0.3 is 0 Å². The van der Waals surface area contributed by atoms with Gasteiger partial charge in [0.15, 0.2) is 6.29 Å². The Balaban J connectivity index is 2.84. The van der Waals surface area contributed by atoms with Crippen molar-refractivity contribution in [3.05, 3.63) is 22.2 Å². The molecule has 14 heavy (non-hydrogen) atoms. The van der Waals surface area contributed by atoms with Gasteiger partial charge in [0.25, 0.3) is 0 Å². The quantitative estimate of drug-likeness (QED) is 0.593. The second kappa shape index (κ2) is 5.46. The lowest BCUT2D eigenvalue weighted by atomic mass is 10.2. The topological polar surface area (TPSA) is 44.2 Å². The molecule has 4 nitrogen and oxygen atoms in total. The fourth-order valence-corrected chi connectivity index (χ4v) is 1.44. The fraction of sp³-hybridized carbons (Fsp3) is 0.500. The second-order valence-electron chi connectivity index (χ2n) is 2.54. The Hall–Kier alpha value is -0.420. The lowest BCUT2D eigenvalue weighted by Gasteiger charge is -2.13. The molecule has 1 heterocycles. The molecule has 0 aliphatic rings. The molecule has 0 amide bonds. The summed E-state index contributed by atoms with van der Waals surface area (Å²) >= 11 is 11.7. The van der Waals surface area contributed by atoms with Crippen LogP contribution in [0.4, 0.5) is 0 Å². The van der Waals surface area contributed by atoms with Crippen molar-refractivity contribution in [2.75, 3.05) is 14.2 Å². The summed E-state index contributed by atoms with van der Waals surface area (Å²) in [6, 6.07) is 0. The van der Waals surface area contributed by atoms with Crippen LogP contribution in [0, 0.1) is 0 Å². The molecule has 0 aliphatic carbocycles. The number of halogens is 2. The molecule has 1 rings (SSSR count). The number of hydrogen-bond donors (Lipinski definition) is 0. The maximum absolute atomic E-state index is 5.84. The zero-order valence-corrected chi connectivity index (χ0v) is 9.34. The summed E-state index contributed by atoms with van der Waals surface area (Å²) in [5.74, 6) is 0. The lowest BCUT2D eigenvalue weighted by Crippen LogP contribution is -2.17. The predicted molar refractivity (Wildman–Crippen MR) is 53.6 cm³/mol. The maximum Gasteiger partial charge on any atom is 0.161 e. The third kappa shape index (κ3) is 2.78. The molecule has 0 spiro atoms. The monoisotopic (exact) mass is 236 g/mol. The normalized spacial score (nSPS) is 10.9. The van der Waals surface area contributed by atoms with Gasteiger partial charge in [-0.2, -0.15) is 0 Å². The van der Waals surface area contributed by atoms with Crippen molar-refractivity contribution in [2.24, 2.45) is 0 Å². The van der Waals surface area contributed by atoms with Crippen molar-refractivity contribution in [1.82, 2.24) is 9.97 Å². The number of hydrogen-bond acceptors (Lipinski definition) is 4. The largest absolute Gasteiger partial charge is 0.356 e. The van der Waals surface area contributed by atoms with Crippen LogP contribution in [0.3, 0.4) is 0 Å². The molecule has 0 radical (unpaired) electrons. The van der Waals surface area contributed by atoms with E-state index in [-0.39, 0.29) is 0 Å². The summed E-state index contributed by atoms with van der Waals surface area (Å²) < 4.78 is 10.0. The average Bonchev–Trinajstić information content (AvgIpc) is 2.18. The Kier molecular flexibility index (Phi) is 4.54. The highest BCUT2D eigenvalue weighted by atomic mass is 35.5. The van der Waals surface area contributed by atoms with Crippen LogP contribution < -0.4 is 0 Å². The molecule has 0 aliphatic heterocycles. The molecule has 0 fully saturated rings. The Morgan fingerprint density at radius 2 is 1.71 bits per heavy atom. The standard InChI is InChI=1S/C8H10Cl2N2O2/c1-13-6(14-2)3-5-7(9)11-4-12-8(5)10/h4,6H,3H2,1-2H3. The molecule has 0 aromatic carbocycles. The molecule has 1 aromatic heterocycles. The van der Waals surface area contributed by atoms with E-state index in [0.717, 1.165) is 0 Å². The minimum Gasteiger partial charge on any atom is -0.356 e. The van der Waals surface area contributed by atoms with Gasteiger partial charge in [0.05, 0.1) is 0 Å². The summed E-state index contributed by atoms with van der Waals surface area (Å²) in [5, 5.41) is 0.646. The van der Waals surface area contributed by atoms with Crippen molar-refractivity contribution in [2.45, 2.75) is 12.7 Å². The highest BCUT2D eigenvalue weighted by molar-refractivity contribution is 6.34. The SMILES string of the molecule is COC(Cc1c(Cl)ncnc1Cl)OC. The number of rotatable bonds is 4. The van der Waals surface area contributed by atoms with Gasteiger partial charge < -0.3 is 9.47 Å². The number of aromatic nitrogens is 2. The Morgan fingerprint density at radius 3 is 2.14 bits per heavy atom. The molecule has 1 aromatic rings. The van der Waals surface area contributed by atoms with Gasteiger partial charge in [0, 0.05) is 26.2 Å². The van der Waals surface area contributed by atoms with E-state index < -0.39 is 6.29 Å². The van der Waals surface area contributed by atoms with Gasteiger partial charge in [0.2, 0.25) is 0 Å². The molecule has 0 bridgehead atoms. The van der Waals surface area contributed by atoms with E-state index in [0.29, 0.717) is 22.3 Å². The summed E-state index contributed by atoms with van der Waals surface area (Å²) in [4.78, 5) is 7.64. The van der Waals surface area contributed by atoms with Crippen molar-refractivity contribution < 1.29 is 9.47 Å². The Labute approximate surface area is 92.2 Å². The molecule has 78 valence electrons. The van der Waals surface area contributed by atoms with E-state index in [1.54, 1.807) is 14.2 Å². The number of nitrogens with zero attached hydrogens (tertiary/aromatic N) is 2. The van der Waals surface area contributed by atoms with E-state index in [4.69, 9.17) is 32.7 Å². The van der Waals surface area contributed by atoms with E-state index in [9.17, 15) is 0 Å². The zero-order chi connectivity index (χ0) is 10.6. The first-order valence-corrected chi connectivity index (χ1v) is 4.65. The second-order valence-corrected chi connectivity index (χ2v) is 3.25. The van der Waals surface area contributed by atoms with Gasteiger partial charge in [-0.15, -0.1) is 0 Å². The van der Waals surface area contributed by atoms with Crippen LogP contribution in [0.2, 0.25) is 10.3 Å². The minimum atomic E-state index is -0.393. The number of ether oxygens (including phenoxy) is 2.